The number of halogens is 2. The monoisotopic (exact) mass is 240 g/mol. The Morgan fingerprint density at radius 1 is 1.18 bits per heavy atom. The van der Waals surface area contributed by atoms with Crippen molar-refractivity contribution in [2.24, 2.45) is 5.10 Å². The van der Waals surface area contributed by atoms with E-state index in [0.717, 1.165) is 24.4 Å². The predicted molar refractivity (Wildman–Crippen MR) is 55.0 cm³/mol. The Balaban J connectivity index is 2.42. The average Bonchev–Trinajstić information content (AvgIpc) is 2.61. The van der Waals surface area contributed by atoms with E-state index >= 15 is 0 Å². The highest BCUT2D eigenvalue weighted by atomic mass is 19.1. The molecule has 0 bridgehead atoms. The summed E-state index contributed by atoms with van der Waals surface area (Å²) in [6.07, 6.45) is 0.878. The largest absolute Gasteiger partial charge is 0.365 e. The molecule has 0 unspecified atom stereocenters. The first-order valence-corrected chi connectivity index (χ1v) is 4.47. The number of aromatic nitrogens is 3. The van der Waals surface area contributed by atoms with Gasteiger partial charge < -0.3 is 0 Å². The number of hydrogen-bond acceptors (Lipinski definition) is 3. The van der Waals surface area contributed by atoms with Gasteiger partial charge in [0.15, 0.2) is 0 Å². The minimum Gasteiger partial charge on any atom is -0.246 e. The van der Waals surface area contributed by atoms with E-state index in [-0.39, 0.29) is 5.56 Å². The molecule has 8 heteroatoms. The maximum Gasteiger partial charge on any atom is 0.365 e. The van der Waals surface area contributed by atoms with E-state index in [9.17, 15) is 18.4 Å². The Kier molecular flexibility index (Phi) is 2.69. The van der Waals surface area contributed by atoms with Crippen molar-refractivity contribution in [2.75, 3.05) is 0 Å². The Morgan fingerprint density at radius 2 is 1.82 bits per heavy atom. The smallest absolute Gasteiger partial charge is 0.246 e. The molecule has 2 N–H and O–H groups in total. The van der Waals surface area contributed by atoms with Gasteiger partial charge in [-0.2, -0.15) is 5.10 Å². The number of nitrogens with one attached hydrogen (secondary N) is 2. The second-order valence-corrected chi connectivity index (χ2v) is 3.08. The summed E-state index contributed by atoms with van der Waals surface area (Å²) in [6.45, 7) is 0. The number of H-pyrrole nitrogens is 2. The maximum absolute atomic E-state index is 13.2. The lowest BCUT2D eigenvalue weighted by Gasteiger charge is -1.95. The van der Waals surface area contributed by atoms with E-state index in [4.69, 9.17) is 0 Å². The Morgan fingerprint density at radius 3 is 2.47 bits per heavy atom. The van der Waals surface area contributed by atoms with Crippen molar-refractivity contribution in [1.29, 1.82) is 0 Å². The van der Waals surface area contributed by atoms with Crippen LogP contribution in [0.5, 0.6) is 0 Å². The second-order valence-electron chi connectivity index (χ2n) is 3.08. The van der Waals surface area contributed by atoms with Gasteiger partial charge >= 0.3 is 11.4 Å². The standard InChI is InChI=1S/C9H6F2N4O2/c10-6-1-2-7(11)5(3-6)4-12-15-8(16)13-14-9(15)17/h1-4H,(H,13,16)(H,14,17)/b12-4+. The quantitative estimate of drug-likeness (QED) is 0.725. The summed E-state index contributed by atoms with van der Waals surface area (Å²) in [5.74, 6) is -1.36. The summed E-state index contributed by atoms with van der Waals surface area (Å²) < 4.78 is 26.4. The summed E-state index contributed by atoms with van der Waals surface area (Å²) in [5, 5.41) is 7.41. The van der Waals surface area contributed by atoms with Gasteiger partial charge in [-0.15, -0.1) is 4.68 Å². The molecule has 6 nitrogen and oxygen atoms in total. The zero-order valence-electron chi connectivity index (χ0n) is 8.28. The van der Waals surface area contributed by atoms with Gasteiger partial charge in [0.05, 0.1) is 6.21 Å². The molecule has 0 aliphatic rings. The number of benzene rings is 1. The topological polar surface area (TPSA) is 83.0 Å². The molecule has 1 aromatic heterocycles. The van der Waals surface area contributed by atoms with Crippen LogP contribution < -0.4 is 11.4 Å². The molecule has 0 atom stereocenters. The van der Waals surface area contributed by atoms with E-state index < -0.39 is 23.0 Å². The Hall–Kier alpha value is -2.51. The fourth-order valence-corrected chi connectivity index (χ4v) is 1.14. The molecule has 0 spiro atoms. The second kappa shape index (κ2) is 4.16. The van der Waals surface area contributed by atoms with Gasteiger partial charge in [-0.3, -0.25) is 0 Å². The SMILES string of the molecule is O=c1[nH][nH]c(=O)n1/N=C/c1cc(F)ccc1F. The summed E-state index contributed by atoms with van der Waals surface area (Å²) >= 11 is 0. The third-order valence-corrected chi connectivity index (χ3v) is 1.93. The number of rotatable bonds is 2. The normalized spacial score (nSPS) is 11.2. The van der Waals surface area contributed by atoms with Gasteiger partial charge in [0.2, 0.25) is 0 Å². The highest BCUT2D eigenvalue weighted by Crippen LogP contribution is 2.06. The fourth-order valence-electron chi connectivity index (χ4n) is 1.14. The van der Waals surface area contributed by atoms with E-state index in [1.807, 2.05) is 10.2 Å². The van der Waals surface area contributed by atoms with E-state index in [1.54, 1.807) is 0 Å². The van der Waals surface area contributed by atoms with E-state index in [0.29, 0.717) is 4.68 Å². The first-order valence-electron chi connectivity index (χ1n) is 4.47. The van der Waals surface area contributed by atoms with Crippen molar-refractivity contribution in [3.05, 3.63) is 56.4 Å². The third-order valence-electron chi connectivity index (χ3n) is 1.93. The molecule has 17 heavy (non-hydrogen) atoms. The van der Waals surface area contributed by atoms with Crippen molar-refractivity contribution in [3.8, 4) is 0 Å². The molecule has 88 valence electrons. The minimum atomic E-state index is -0.803. The number of hydrogen-bond donors (Lipinski definition) is 2. The van der Waals surface area contributed by atoms with Gasteiger partial charge in [-0.05, 0) is 18.2 Å². The van der Waals surface area contributed by atoms with Crippen molar-refractivity contribution in [1.82, 2.24) is 14.9 Å². The molecule has 0 aliphatic heterocycles. The molecule has 0 aliphatic carbocycles. The summed E-state index contributed by atoms with van der Waals surface area (Å²) in [4.78, 5) is 22.0. The van der Waals surface area contributed by atoms with Gasteiger partial charge in [-0.1, -0.05) is 0 Å². The van der Waals surface area contributed by atoms with Crippen LogP contribution in [0.3, 0.4) is 0 Å². The van der Waals surface area contributed by atoms with Crippen LogP contribution in [0.1, 0.15) is 5.56 Å². The van der Waals surface area contributed by atoms with Crippen LogP contribution in [0.4, 0.5) is 8.78 Å². The zero-order chi connectivity index (χ0) is 12.4. The van der Waals surface area contributed by atoms with Crippen LogP contribution in [0.25, 0.3) is 0 Å². The lowest BCUT2D eigenvalue weighted by Crippen LogP contribution is -2.22. The Labute approximate surface area is 92.2 Å². The molecule has 0 fully saturated rings. The highest BCUT2D eigenvalue weighted by molar-refractivity contribution is 5.79. The molecule has 0 radical (unpaired) electrons. The number of aromatic amines is 2. The van der Waals surface area contributed by atoms with Crippen molar-refractivity contribution >= 4 is 6.21 Å². The van der Waals surface area contributed by atoms with Gasteiger partial charge in [0.1, 0.15) is 11.6 Å². The van der Waals surface area contributed by atoms with Crippen molar-refractivity contribution < 1.29 is 8.78 Å². The van der Waals surface area contributed by atoms with Gasteiger partial charge in [0, 0.05) is 5.56 Å². The van der Waals surface area contributed by atoms with Gasteiger partial charge in [0.25, 0.3) is 0 Å². The fraction of sp³-hybridized carbons (Fsp3) is 0. The van der Waals surface area contributed by atoms with Crippen LogP contribution >= 0.6 is 0 Å². The number of nitrogens with zero attached hydrogens (tertiary/aromatic N) is 2. The van der Waals surface area contributed by atoms with Crippen molar-refractivity contribution in [3.63, 3.8) is 0 Å². The highest BCUT2D eigenvalue weighted by Gasteiger charge is 2.03. The average molecular weight is 240 g/mol. The molecule has 2 aromatic rings. The lowest BCUT2D eigenvalue weighted by atomic mass is 10.2. The molecule has 1 heterocycles. The summed E-state index contributed by atoms with van der Waals surface area (Å²) in [5.41, 5.74) is -1.77. The summed E-state index contributed by atoms with van der Waals surface area (Å²) in [7, 11) is 0. The van der Waals surface area contributed by atoms with Crippen LogP contribution in [0.15, 0.2) is 32.9 Å². The van der Waals surface area contributed by atoms with Crippen LogP contribution in [0, 0.1) is 11.6 Å². The third kappa shape index (κ3) is 2.19. The molecular formula is C9H6F2N4O2. The molecule has 0 saturated heterocycles. The first kappa shape index (κ1) is 11.0. The zero-order valence-corrected chi connectivity index (χ0v) is 8.28. The van der Waals surface area contributed by atoms with Crippen molar-refractivity contribution in [2.45, 2.75) is 0 Å². The maximum atomic E-state index is 13.2. The molecular weight excluding hydrogens is 234 g/mol. The first-order chi connectivity index (χ1) is 8.08. The molecule has 2 rings (SSSR count). The Bertz CT molecular complexity index is 655. The van der Waals surface area contributed by atoms with Crippen LogP contribution in [-0.2, 0) is 0 Å². The van der Waals surface area contributed by atoms with E-state index in [1.165, 1.54) is 0 Å². The molecule has 0 saturated carbocycles. The van der Waals surface area contributed by atoms with Crippen LogP contribution in [0.2, 0.25) is 0 Å². The molecule has 1 aromatic carbocycles. The summed E-state index contributed by atoms with van der Waals surface area (Å²) in [6, 6.07) is 2.76. The lowest BCUT2D eigenvalue weighted by molar-refractivity contribution is 0.598. The predicted octanol–water partition coefficient (Wildman–Crippen LogP) is 0.0251. The minimum absolute atomic E-state index is 0.169. The van der Waals surface area contributed by atoms with E-state index in [2.05, 4.69) is 5.10 Å². The van der Waals surface area contributed by atoms with Crippen LogP contribution in [-0.4, -0.2) is 21.1 Å². The molecule has 0 amide bonds. The van der Waals surface area contributed by atoms with Gasteiger partial charge in [-0.25, -0.2) is 28.6 Å².